The maximum absolute atomic E-state index is 12.3. The lowest BCUT2D eigenvalue weighted by Gasteiger charge is -2.11. The Balaban J connectivity index is 2.35. The highest BCUT2D eigenvalue weighted by Crippen LogP contribution is 2.26. The molecule has 7 nitrogen and oxygen atoms in total. The molecule has 0 spiro atoms. The standard InChI is InChI=1S/C12H14N4O3S/c1-19-11-5-3-2-4-10(11)16-20(17,18)9-6-7-14-12(8-9)15-13/h2-8,16H,13H2,1H3,(H,14,15). The van der Waals surface area contributed by atoms with Gasteiger partial charge in [-0.05, 0) is 18.2 Å². The zero-order chi connectivity index (χ0) is 14.6. The van der Waals surface area contributed by atoms with Gasteiger partial charge in [-0.3, -0.25) is 4.72 Å². The van der Waals surface area contributed by atoms with Gasteiger partial charge in [-0.25, -0.2) is 19.2 Å². The van der Waals surface area contributed by atoms with Crippen LogP contribution in [0.5, 0.6) is 5.75 Å². The van der Waals surface area contributed by atoms with E-state index in [1.807, 2.05) is 0 Å². The number of aromatic nitrogens is 1. The Kier molecular flexibility index (Phi) is 4.06. The van der Waals surface area contributed by atoms with Gasteiger partial charge in [0.05, 0.1) is 17.7 Å². The van der Waals surface area contributed by atoms with E-state index in [0.717, 1.165) is 0 Å². The number of methoxy groups -OCH3 is 1. The van der Waals surface area contributed by atoms with E-state index in [1.54, 1.807) is 24.3 Å². The lowest BCUT2D eigenvalue weighted by Crippen LogP contribution is -2.15. The number of nitrogens with zero attached hydrogens (tertiary/aromatic N) is 1. The normalized spacial score (nSPS) is 10.9. The van der Waals surface area contributed by atoms with Crippen LogP contribution in [0.2, 0.25) is 0 Å². The number of nitrogen functional groups attached to an aromatic ring is 1. The summed E-state index contributed by atoms with van der Waals surface area (Å²) < 4.78 is 32.1. The summed E-state index contributed by atoms with van der Waals surface area (Å²) in [5, 5.41) is 0. The molecule has 0 aliphatic heterocycles. The van der Waals surface area contributed by atoms with Gasteiger partial charge in [0, 0.05) is 12.3 Å². The van der Waals surface area contributed by atoms with Crippen LogP contribution in [-0.4, -0.2) is 20.5 Å². The average molecular weight is 294 g/mol. The molecule has 0 bridgehead atoms. The number of ether oxygens (including phenoxy) is 1. The molecule has 0 radical (unpaired) electrons. The maximum Gasteiger partial charge on any atom is 0.262 e. The molecule has 8 heteroatoms. The van der Waals surface area contributed by atoms with Gasteiger partial charge in [-0.15, -0.1) is 0 Å². The summed E-state index contributed by atoms with van der Waals surface area (Å²) in [6.07, 6.45) is 1.35. The predicted molar refractivity (Wildman–Crippen MR) is 75.8 cm³/mol. The molecule has 0 amide bonds. The van der Waals surface area contributed by atoms with Crippen molar-refractivity contribution < 1.29 is 13.2 Å². The van der Waals surface area contributed by atoms with E-state index in [2.05, 4.69) is 15.1 Å². The topological polar surface area (TPSA) is 106 Å². The molecule has 0 saturated carbocycles. The Morgan fingerprint density at radius 2 is 2.00 bits per heavy atom. The number of sulfonamides is 1. The zero-order valence-corrected chi connectivity index (χ0v) is 11.5. The minimum absolute atomic E-state index is 0.0476. The number of pyridine rings is 1. The molecule has 0 unspecified atom stereocenters. The molecule has 0 saturated heterocycles. The van der Waals surface area contributed by atoms with E-state index in [1.165, 1.54) is 25.4 Å². The second-order valence-corrected chi connectivity index (χ2v) is 5.51. The smallest absolute Gasteiger partial charge is 0.262 e. The highest BCUT2D eigenvalue weighted by molar-refractivity contribution is 7.92. The molecule has 20 heavy (non-hydrogen) atoms. The highest BCUT2D eigenvalue weighted by atomic mass is 32.2. The van der Waals surface area contributed by atoms with Crippen molar-refractivity contribution in [3.63, 3.8) is 0 Å². The van der Waals surface area contributed by atoms with Gasteiger partial charge in [-0.1, -0.05) is 12.1 Å². The molecular weight excluding hydrogens is 280 g/mol. The fourth-order valence-corrected chi connectivity index (χ4v) is 2.67. The summed E-state index contributed by atoms with van der Waals surface area (Å²) in [5.74, 6) is 5.90. The molecule has 0 atom stereocenters. The molecule has 2 rings (SSSR count). The summed E-state index contributed by atoms with van der Waals surface area (Å²) in [7, 11) is -2.28. The number of benzene rings is 1. The van der Waals surface area contributed by atoms with Crippen LogP contribution in [-0.2, 0) is 10.0 Å². The molecule has 1 heterocycles. The Morgan fingerprint density at radius 3 is 2.70 bits per heavy atom. The third kappa shape index (κ3) is 2.98. The summed E-state index contributed by atoms with van der Waals surface area (Å²) in [5.41, 5.74) is 2.65. The van der Waals surface area contributed by atoms with Crippen LogP contribution in [0.25, 0.3) is 0 Å². The highest BCUT2D eigenvalue weighted by Gasteiger charge is 2.16. The average Bonchev–Trinajstić information content (AvgIpc) is 2.47. The van der Waals surface area contributed by atoms with Gasteiger partial charge in [0.2, 0.25) is 0 Å². The number of hydrazine groups is 1. The predicted octanol–water partition coefficient (Wildman–Crippen LogP) is 1.18. The van der Waals surface area contributed by atoms with Crippen LogP contribution in [0, 0.1) is 0 Å². The van der Waals surface area contributed by atoms with E-state index in [9.17, 15) is 8.42 Å². The van der Waals surface area contributed by atoms with Crippen molar-refractivity contribution in [2.75, 3.05) is 17.3 Å². The third-order valence-electron chi connectivity index (χ3n) is 2.54. The number of anilines is 2. The van der Waals surface area contributed by atoms with Crippen LogP contribution >= 0.6 is 0 Å². The maximum atomic E-state index is 12.3. The molecule has 106 valence electrons. The van der Waals surface area contributed by atoms with Crippen molar-refractivity contribution in [2.24, 2.45) is 5.84 Å². The fraction of sp³-hybridized carbons (Fsp3) is 0.0833. The number of hydrogen-bond acceptors (Lipinski definition) is 6. The summed E-state index contributed by atoms with van der Waals surface area (Å²) in [4.78, 5) is 3.91. The van der Waals surface area contributed by atoms with Crippen molar-refractivity contribution in [2.45, 2.75) is 4.90 Å². The summed E-state index contributed by atoms with van der Waals surface area (Å²) in [6, 6.07) is 9.44. The van der Waals surface area contributed by atoms with Gasteiger partial charge in [-0.2, -0.15) is 0 Å². The Morgan fingerprint density at radius 1 is 1.25 bits per heavy atom. The third-order valence-corrected chi connectivity index (χ3v) is 3.90. The molecular formula is C12H14N4O3S. The van der Waals surface area contributed by atoms with Crippen molar-refractivity contribution in [1.82, 2.24) is 4.98 Å². The largest absolute Gasteiger partial charge is 0.495 e. The van der Waals surface area contributed by atoms with Crippen LogP contribution < -0.4 is 20.7 Å². The van der Waals surface area contributed by atoms with Crippen molar-refractivity contribution in [3.05, 3.63) is 42.6 Å². The minimum atomic E-state index is -3.74. The Bertz CT molecular complexity index is 703. The van der Waals surface area contributed by atoms with Crippen LogP contribution in [0.1, 0.15) is 0 Å². The SMILES string of the molecule is COc1ccccc1NS(=O)(=O)c1ccnc(NN)c1. The minimum Gasteiger partial charge on any atom is -0.495 e. The van der Waals surface area contributed by atoms with Crippen LogP contribution in [0.4, 0.5) is 11.5 Å². The number of para-hydroxylation sites is 2. The number of nitrogens with two attached hydrogens (primary N) is 1. The second-order valence-electron chi connectivity index (χ2n) is 3.83. The van der Waals surface area contributed by atoms with Gasteiger partial charge in [0.15, 0.2) is 0 Å². The van der Waals surface area contributed by atoms with Gasteiger partial charge in [0.25, 0.3) is 10.0 Å². The molecule has 1 aromatic carbocycles. The zero-order valence-electron chi connectivity index (χ0n) is 10.7. The van der Waals surface area contributed by atoms with E-state index in [4.69, 9.17) is 10.6 Å². The fourth-order valence-electron chi connectivity index (χ4n) is 1.59. The quantitative estimate of drug-likeness (QED) is 0.564. The van der Waals surface area contributed by atoms with Crippen molar-refractivity contribution in [1.29, 1.82) is 0 Å². The van der Waals surface area contributed by atoms with Crippen LogP contribution in [0.15, 0.2) is 47.5 Å². The molecule has 1 aromatic heterocycles. The second kappa shape index (κ2) is 5.76. The number of nitrogens with one attached hydrogen (secondary N) is 2. The molecule has 0 aliphatic carbocycles. The lowest BCUT2D eigenvalue weighted by molar-refractivity contribution is 0.417. The van der Waals surface area contributed by atoms with Crippen LogP contribution in [0.3, 0.4) is 0 Å². The van der Waals surface area contributed by atoms with E-state index < -0.39 is 10.0 Å². The molecule has 0 fully saturated rings. The first kappa shape index (κ1) is 14.1. The Hall–Kier alpha value is -2.32. The number of rotatable bonds is 5. The molecule has 4 N–H and O–H groups in total. The Labute approximate surface area is 116 Å². The molecule has 2 aromatic rings. The van der Waals surface area contributed by atoms with E-state index in [-0.39, 0.29) is 10.7 Å². The lowest BCUT2D eigenvalue weighted by atomic mass is 10.3. The van der Waals surface area contributed by atoms with Gasteiger partial charge >= 0.3 is 0 Å². The first-order valence-electron chi connectivity index (χ1n) is 5.65. The van der Waals surface area contributed by atoms with Crippen molar-refractivity contribution >= 4 is 21.5 Å². The monoisotopic (exact) mass is 294 g/mol. The number of hydrogen-bond donors (Lipinski definition) is 3. The summed E-state index contributed by atoms with van der Waals surface area (Å²) in [6.45, 7) is 0. The first-order valence-corrected chi connectivity index (χ1v) is 7.13. The summed E-state index contributed by atoms with van der Waals surface area (Å²) >= 11 is 0. The van der Waals surface area contributed by atoms with Crippen molar-refractivity contribution in [3.8, 4) is 5.75 Å². The van der Waals surface area contributed by atoms with Gasteiger partial charge < -0.3 is 10.2 Å². The first-order chi connectivity index (χ1) is 9.56. The van der Waals surface area contributed by atoms with Gasteiger partial charge in [0.1, 0.15) is 11.6 Å². The van der Waals surface area contributed by atoms with E-state index in [0.29, 0.717) is 11.4 Å². The van der Waals surface area contributed by atoms with E-state index >= 15 is 0 Å². The molecule has 0 aliphatic rings.